The van der Waals surface area contributed by atoms with Crippen LogP contribution in [0.15, 0.2) is 22.7 Å². The third kappa shape index (κ3) is 4.27. The molecule has 1 aliphatic heterocycles. The smallest absolute Gasteiger partial charge is 0.124 e. The molecule has 2 nitrogen and oxygen atoms in total. The molecular weight excluding hydrogens is 319 g/mol. The van der Waals surface area contributed by atoms with Gasteiger partial charge in [-0.05, 0) is 69.6 Å². The van der Waals surface area contributed by atoms with E-state index in [2.05, 4.69) is 40.0 Å². The molecule has 0 aromatic heterocycles. The topological polar surface area (TPSA) is 15.3 Å². The third-order valence-corrected chi connectivity index (χ3v) is 4.98. The molecule has 1 unspecified atom stereocenters. The third-order valence-electron chi connectivity index (χ3n) is 4.30. The van der Waals surface area contributed by atoms with Crippen LogP contribution in [0.4, 0.5) is 4.39 Å². The Morgan fingerprint density at radius 3 is 2.70 bits per heavy atom. The van der Waals surface area contributed by atoms with Crippen LogP contribution in [-0.2, 0) is 0 Å². The van der Waals surface area contributed by atoms with Crippen LogP contribution in [0.3, 0.4) is 0 Å². The first-order valence-electron chi connectivity index (χ1n) is 7.50. The summed E-state index contributed by atoms with van der Waals surface area (Å²) in [4.78, 5) is 2.51. The highest BCUT2D eigenvalue weighted by Gasteiger charge is 2.19. The van der Waals surface area contributed by atoms with Crippen LogP contribution in [0.1, 0.15) is 38.3 Å². The van der Waals surface area contributed by atoms with Crippen molar-refractivity contribution in [2.24, 2.45) is 5.92 Å². The molecule has 1 aromatic carbocycles. The quantitative estimate of drug-likeness (QED) is 0.870. The Hall–Kier alpha value is -0.450. The number of halogens is 2. The van der Waals surface area contributed by atoms with E-state index >= 15 is 0 Å². The van der Waals surface area contributed by atoms with Crippen molar-refractivity contribution in [1.29, 1.82) is 0 Å². The van der Waals surface area contributed by atoms with Gasteiger partial charge in [0.05, 0.1) is 0 Å². The highest BCUT2D eigenvalue weighted by molar-refractivity contribution is 9.10. The molecule has 1 fully saturated rings. The molecule has 0 amide bonds. The summed E-state index contributed by atoms with van der Waals surface area (Å²) in [5.74, 6) is 0.569. The predicted octanol–water partition coefficient (Wildman–Crippen LogP) is 3.97. The minimum atomic E-state index is -0.195. The van der Waals surface area contributed by atoms with Gasteiger partial charge in [0.1, 0.15) is 5.82 Å². The molecule has 112 valence electrons. The summed E-state index contributed by atoms with van der Waals surface area (Å²) in [6.07, 6.45) is 2.55. The van der Waals surface area contributed by atoms with E-state index in [4.69, 9.17) is 0 Å². The van der Waals surface area contributed by atoms with Crippen molar-refractivity contribution in [1.82, 2.24) is 10.2 Å². The minimum Gasteiger partial charge on any atom is -0.310 e. The number of hydrogen-bond acceptors (Lipinski definition) is 2. The van der Waals surface area contributed by atoms with Crippen molar-refractivity contribution < 1.29 is 4.39 Å². The maximum Gasteiger partial charge on any atom is 0.124 e. The average molecular weight is 343 g/mol. The monoisotopic (exact) mass is 342 g/mol. The summed E-state index contributed by atoms with van der Waals surface area (Å²) in [5, 5.41) is 3.59. The Kier molecular flexibility index (Phi) is 6.00. The fourth-order valence-electron chi connectivity index (χ4n) is 2.81. The lowest BCUT2D eigenvalue weighted by Crippen LogP contribution is -2.37. The summed E-state index contributed by atoms with van der Waals surface area (Å²) in [5.41, 5.74) is 1.12. The molecule has 0 spiro atoms. The van der Waals surface area contributed by atoms with Gasteiger partial charge in [0.15, 0.2) is 0 Å². The molecule has 1 atom stereocenters. The van der Waals surface area contributed by atoms with Crippen LogP contribution in [0, 0.1) is 11.7 Å². The number of piperidine rings is 1. The second-order valence-corrected chi connectivity index (χ2v) is 6.53. The molecule has 1 aliphatic rings. The lowest BCUT2D eigenvalue weighted by atomic mass is 9.96. The van der Waals surface area contributed by atoms with E-state index in [0.717, 1.165) is 22.5 Å². The minimum absolute atomic E-state index is 0.195. The summed E-state index contributed by atoms with van der Waals surface area (Å²) >= 11 is 3.44. The zero-order valence-corrected chi connectivity index (χ0v) is 13.9. The van der Waals surface area contributed by atoms with E-state index in [0.29, 0.717) is 0 Å². The van der Waals surface area contributed by atoms with Crippen molar-refractivity contribution in [3.8, 4) is 0 Å². The fraction of sp³-hybridized carbons (Fsp3) is 0.625. The van der Waals surface area contributed by atoms with Crippen molar-refractivity contribution in [3.05, 3.63) is 34.1 Å². The van der Waals surface area contributed by atoms with Gasteiger partial charge >= 0.3 is 0 Å². The molecule has 1 heterocycles. The molecule has 1 aromatic rings. The number of benzene rings is 1. The molecule has 2 rings (SSSR count). The second kappa shape index (κ2) is 7.53. The van der Waals surface area contributed by atoms with E-state index in [1.165, 1.54) is 44.6 Å². The zero-order valence-electron chi connectivity index (χ0n) is 12.3. The van der Waals surface area contributed by atoms with E-state index in [-0.39, 0.29) is 11.9 Å². The van der Waals surface area contributed by atoms with Gasteiger partial charge in [0.2, 0.25) is 0 Å². The summed E-state index contributed by atoms with van der Waals surface area (Å²) in [7, 11) is 0. The van der Waals surface area contributed by atoms with Gasteiger partial charge in [-0.1, -0.05) is 28.9 Å². The molecule has 20 heavy (non-hydrogen) atoms. The molecule has 0 saturated carbocycles. The van der Waals surface area contributed by atoms with Crippen LogP contribution >= 0.6 is 15.9 Å². The number of nitrogens with one attached hydrogen (secondary N) is 1. The van der Waals surface area contributed by atoms with Gasteiger partial charge in [0, 0.05) is 10.5 Å². The van der Waals surface area contributed by atoms with E-state index in [1.807, 2.05) is 6.07 Å². The first-order chi connectivity index (χ1) is 9.60. The van der Waals surface area contributed by atoms with Crippen LogP contribution in [0.25, 0.3) is 0 Å². The number of rotatable bonds is 5. The van der Waals surface area contributed by atoms with Crippen LogP contribution in [0.2, 0.25) is 0 Å². The van der Waals surface area contributed by atoms with Crippen LogP contribution in [0.5, 0.6) is 0 Å². The molecule has 0 bridgehead atoms. The Bertz CT molecular complexity index is 430. The standard InChI is InChI=1S/C16H24BrFN2/c1-3-20-8-6-13(7-9-20)11-19-12(2)15-5-4-14(18)10-16(15)17/h4-5,10,12-13,19H,3,6-9,11H2,1-2H3. The van der Waals surface area contributed by atoms with Crippen molar-refractivity contribution in [2.75, 3.05) is 26.2 Å². The van der Waals surface area contributed by atoms with Gasteiger partial charge in [-0.25, -0.2) is 4.39 Å². The Balaban J connectivity index is 1.82. The maximum atomic E-state index is 13.1. The first kappa shape index (κ1) is 15.9. The fourth-order valence-corrected chi connectivity index (χ4v) is 3.51. The summed E-state index contributed by atoms with van der Waals surface area (Å²) < 4.78 is 13.9. The zero-order chi connectivity index (χ0) is 14.5. The van der Waals surface area contributed by atoms with Crippen molar-refractivity contribution in [2.45, 2.75) is 32.7 Å². The molecule has 1 N–H and O–H groups in total. The summed E-state index contributed by atoms with van der Waals surface area (Å²) in [6.45, 7) is 9.02. The van der Waals surface area contributed by atoms with Gasteiger partial charge in [-0.15, -0.1) is 0 Å². The predicted molar refractivity (Wildman–Crippen MR) is 85.4 cm³/mol. The molecule has 0 radical (unpaired) electrons. The lowest BCUT2D eigenvalue weighted by Gasteiger charge is -2.31. The van der Waals surface area contributed by atoms with Gasteiger partial charge < -0.3 is 10.2 Å². The largest absolute Gasteiger partial charge is 0.310 e. The van der Waals surface area contributed by atoms with Gasteiger partial charge in [0.25, 0.3) is 0 Å². The molecular formula is C16H24BrFN2. The molecule has 1 saturated heterocycles. The van der Waals surface area contributed by atoms with E-state index in [1.54, 1.807) is 0 Å². The normalized spacial score (nSPS) is 19.2. The van der Waals surface area contributed by atoms with Gasteiger partial charge in [-0.3, -0.25) is 0 Å². The SMILES string of the molecule is CCN1CCC(CNC(C)c2ccc(F)cc2Br)CC1. The number of nitrogens with zero attached hydrogens (tertiary/aromatic N) is 1. The van der Waals surface area contributed by atoms with E-state index in [9.17, 15) is 4.39 Å². The highest BCUT2D eigenvalue weighted by Crippen LogP contribution is 2.25. The second-order valence-electron chi connectivity index (χ2n) is 5.67. The average Bonchev–Trinajstić information content (AvgIpc) is 2.45. The Morgan fingerprint density at radius 1 is 1.40 bits per heavy atom. The number of hydrogen-bond donors (Lipinski definition) is 1. The Labute approximate surface area is 129 Å². The van der Waals surface area contributed by atoms with Crippen LogP contribution < -0.4 is 5.32 Å². The van der Waals surface area contributed by atoms with Crippen molar-refractivity contribution in [3.63, 3.8) is 0 Å². The molecule has 0 aliphatic carbocycles. The highest BCUT2D eigenvalue weighted by atomic mass is 79.9. The lowest BCUT2D eigenvalue weighted by molar-refractivity contribution is 0.188. The summed E-state index contributed by atoms with van der Waals surface area (Å²) in [6, 6.07) is 5.16. The van der Waals surface area contributed by atoms with Crippen molar-refractivity contribution >= 4 is 15.9 Å². The first-order valence-corrected chi connectivity index (χ1v) is 8.30. The van der Waals surface area contributed by atoms with E-state index < -0.39 is 0 Å². The van der Waals surface area contributed by atoms with Crippen LogP contribution in [-0.4, -0.2) is 31.1 Å². The Morgan fingerprint density at radius 2 is 2.10 bits per heavy atom. The number of likely N-dealkylation sites (tertiary alicyclic amines) is 1. The van der Waals surface area contributed by atoms with Gasteiger partial charge in [-0.2, -0.15) is 0 Å². The maximum absolute atomic E-state index is 13.1. The molecule has 4 heteroatoms.